The number of para-hydroxylation sites is 2. The zero-order chi connectivity index (χ0) is 21.0. The minimum absolute atomic E-state index is 0.0885. The van der Waals surface area contributed by atoms with Crippen molar-refractivity contribution in [2.45, 2.75) is 19.9 Å². The largest absolute Gasteiger partial charge is 0.496 e. The van der Waals surface area contributed by atoms with E-state index in [-0.39, 0.29) is 22.7 Å². The molecule has 0 spiro atoms. The summed E-state index contributed by atoms with van der Waals surface area (Å²) in [6.45, 7) is 6.00. The van der Waals surface area contributed by atoms with Crippen molar-refractivity contribution >= 4 is 17.4 Å². The molecule has 1 aliphatic rings. The maximum Gasteiger partial charge on any atom is 0.317 e. The molecule has 1 heterocycles. The van der Waals surface area contributed by atoms with Crippen LogP contribution < -0.4 is 15.0 Å². The van der Waals surface area contributed by atoms with Gasteiger partial charge in [0.2, 0.25) is 0 Å². The molecule has 8 nitrogen and oxygen atoms in total. The third-order valence-corrected chi connectivity index (χ3v) is 5.18. The van der Waals surface area contributed by atoms with Crippen LogP contribution in [0.3, 0.4) is 0 Å². The first kappa shape index (κ1) is 20.4. The highest BCUT2D eigenvalue weighted by molar-refractivity contribution is 5.75. The summed E-state index contributed by atoms with van der Waals surface area (Å²) in [5.41, 5.74) is 2.71. The van der Waals surface area contributed by atoms with Crippen molar-refractivity contribution in [1.29, 1.82) is 0 Å². The van der Waals surface area contributed by atoms with Crippen LogP contribution in [0, 0.1) is 17.0 Å². The molecule has 29 heavy (non-hydrogen) atoms. The average Bonchev–Trinajstić information content (AvgIpc) is 2.73. The summed E-state index contributed by atoms with van der Waals surface area (Å²) >= 11 is 0. The Hall–Kier alpha value is -3.29. The van der Waals surface area contributed by atoms with Crippen molar-refractivity contribution in [3.05, 3.63) is 63.7 Å². The molecule has 8 heteroatoms. The van der Waals surface area contributed by atoms with Crippen LogP contribution in [0.1, 0.15) is 24.1 Å². The van der Waals surface area contributed by atoms with Crippen LogP contribution >= 0.6 is 0 Å². The Labute approximate surface area is 170 Å². The number of benzene rings is 2. The minimum Gasteiger partial charge on any atom is -0.496 e. The molecule has 2 amide bonds. The lowest BCUT2D eigenvalue weighted by Gasteiger charge is -2.36. The summed E-state index contributed by atoms with van der Waals surface area (Å²) in [4.78, 5) is 27.3. The molecule has 1 fully saturated rings. The second-order valence-electron chi connectivity index (χ2n) is 7.14. The molecule has 0 radical (unpaired) electrons. The molecule has 1 unspecified atom stereocenters. The summed E-state index contributed by atoms with van der Waals surface area (Å²) in [7, 11) is 1.62. The summed E-state index contributed by atoms with van der Waals surface area (Å²) in [5, 5.41) is 14.3. The minimum atomic E-state index is -0.370. The van der Waals surface area contributed by atoms with E-state index >= 15 is 0 Å². The van der Waals surface area contributed by atoms with E-state index in [1.54, 1.807) is 30.2 Å². The number of carbonyl (C=O) groups excluding carboxylic acids is 1. The monoisotopic (exact) mass is 398 g/mol. The molecule has 1 N–H and O–H groups in total. The van der Waals surface area contributed by atoms with Crippen LogP contribution in [0.15, 0.2) is 42.5 Å². The second kappa shape index (κ2) is 8.81. The lowest BCUT2D eigenvalue weighted by molar-refractivity contribution is -0.384. The zero-order valence-corrected chi connectivity index (χ0v) is 16.9. The van der Waals surface area contributed by atoms with Crippen molar-refractivity contribution in [2.75, 3.05) is 38.2 Å². The molecule has 0 bridgehead atoms. The second-order valence-corrected chi connectivity index (χ2v) is 7.14. The highest BCUT2D eigenvalue weighted by Crippen LogP contribution is 2.29. The molecular weight excluding hydrogens is 372 g/mol. The fourth-order valence-corrected chi connectivity index (χ4v) is 3.58. The van der Waals surface area contributed by atoms with Gasteiger partial charge in [-0.1, -0.05) is 29.8 Å². The lowest BCUT2D eigenvalue weighted by atomic mass is 10.0. The number of amides is 2. The highest BCUT2D eigenvalue weighted by atomic mass is 16.6. The number of rotatable bonds is 5. The van der Waals surface area contributed by atoms with Crippen molar-refractivity contribution in [2.24, 2.45) is 0 Å². The SMILES string of the molecule is COc1ccc(C)cc1C(C)NC(=O)N1CCN(c2ccccc2[N+](=O)[O-])CC1. The van der Waals surface area contributed by atoms with Gasteiger partial charge in [-0.05, 0) is 26.0 Å². The van der Waals surface area contributed by atoms with E-state index in [0.29, 0.717) is 31.9 Å². The molecule has 1 aliphatic heterocycles. The smallest absolute Gasteiger partial charge is 0.317 e. The van der Waals surface area contributed by atoms with Gasteiger partial charge in [0, 0.05) is 37.8 Å². The molecule has 1 saturated heterocycles. The summed E-state index contributed by atoms with van der Waals surface area (Å²) < 4.78 is 5.42. The highest BCUT2D eigenvalue weighted by Gasteiger charge is 2.26. The number of piperazine rings is 1. The van der Waals surface area contributed by atoms with Gasteiger partial charge in [-0.25, -0.2) is 4.79 Å². The van der Waals surface area contributed by atoms with E-state index in [1.807, 2.05) is 36.9 Å². The number of methoxy groups -OCH3 is 1. The molecular formula is C21H26N4O4. The van der Waals surface area contributed by atoms with Gasteiger partial charge in [-0.3, -0.25) is 10.1 Å². The van der Waals surface area contributed by atoms with Crippen LogP contribution in [0.4, 0.5) is 16.2 Å². The normalized spacial score (nSPS) is 15.0. The van der Waals surface area contributed by atoms with E-state index in [4.69, 9.17) is 4.74 Å². The molecule has 0 aliphatic carbocycles. The van der Waals surface area contributed by atoms with Gasteiger partial charge < -0.3 is 19.9 Å². The molecule has 1 atom stereocenters. The maximum atomic E-state index is 12.7. The number of hydrogen-bond acceptors (Lipinski definition) is 5. The molecule has 154 valence electrons. The topological polar surface area (TPSA) is 88.0 Å². The molecule has 0 aromatic heterocycles. The predicted molar refractivity (Wildman–Crippen MR) is 112 cm³/mol. The van der Waals surface area contributed by atoms with Crippen LogP contribution in [-0.2, 0) is 0 Å². The van der Waals surface area contributed by atoms with Crippen LogP contribution in [0.2, 0.25) is 0 Å². The van der Waals surface area contributed by atoms with E-state index < -0.39 is 0 Å². The van der Waals surface area contributed by atoms with Gasteiger partial charge in [0.25, 0.3) is 5.69 Å². The molecule has 2 aromatic carbocycles. The van der Waals surface area contributed by atoms with Crippen LogP contribution in [-0.4, -0.2) is 49.1 Å². The van der Waals surface area contributed by atoms with Gasteiger partial charge >= 0.3 is 6.03 Å². The lowest BCUT2D eigenvalue weighted by Crippen LogP contribution is -2.52. The fraction of sp³-hybridized carbons (Fsp3) is 0.381. The Morgan fingerprint density at radius 3 is 2.52 bits per heavy atom. The Morgan fingerprint density at radius 1 is 1.17 bits per heavy atom. The molecule has 2 aromatic rings. The first-order chi connectivity index (χ1) is 13.9. The maximum absolute atomic E-state index is 12.7. The third kappa shape index (κ3) is 4.59. The number of ether oxygens (including phenoxy) is 1. The third-order valence-electron chi connectivity index (χ3n) is 5.18. The van der Waals surface area contributed by atoms with Crippen molar-refractivity contribution in [3.63, 3.8) is 0 Å². The number of carbonyl (C=O) groups is 1. The Morgan fingerprint density at radius 2 is 1.86 bits per heavy atom. The number of nitro benzene ring substituents is 1. The number of hydrogen-bond donors (Lipinski definition) is 1. The van der Waals surface area contributed by atoms with Gasteiger partial charge in [0.15, 0.2) is 0 Å². The van der Waals surface area contributed by atoms with Gasteiger partial charge in [0.05, 0.1) is 18.1 Å². The zero-order valence-electron chi connectivity index (χ0n) is 16.9. The standard InChI is InChI=1S/C21H26N4O4/c1-15-8-9-20(29-3)17(14-15)16(2)22-21(26)24-12-10-23(11-13-24)18-6-4-5-7-19(18)25(27)28/h4-9,14,16H,10-13H2,1-3H3,(H,22,26). The van der Waals surface area contributed by atoms with E-state index in [2.05, 4.69) is 5.32 Å². The van der Waals surface area contributed by atoms with Crippen molar-refractivity contribution < 1.29 is 14.5 Å². The van der Waals surface area contributed by atoms with E-state index in [0.717, 1.165) is 16.9 Å². The van der Waals surface area contributed by atoms with Crippen LogP contribution in [0.5, 0.6) is 5.75 Å². The Balaban J connectivity index is 1.62. The number of nitrogens with zero attached hydrogens (tertiary/aromatic N) is 3. The molecule has 3 rings (SSSR count). The van der Waals surface area contributed by atoms with E-state index in [9.17, 15) is 14.9 Å². The fourth-order valence-electron chi connectivity index (χ4n) is 3.58. The van der Waals surface area contributed by atoms with Gasteiger partial charge in [0.1, 0.15) is 11.4 Å². The summed E-state index contributed by atoms with van der Waals surface area (Å²) in [6, 6.07) is 12.2. The number of urea groups is 1. The summed E-state index contributed by atoms with van der Waals surface area (Å²) in [6.07, 6.45) is 0. The van der Waals surface area contributed by atoms with Gasteiger partial charge in [-0.2, -0.15) is 0 Å². The van der Waals surface area contributed by atoms with E-state index in [1.165, 1.54) is 6.07 Å². The average molecular weight is 398 g/mol. The summed E-state index contributed by atoms with van der Waals surface area (Å²) in [5.74, 6) is 0.740. The van der Waals surface area contributed by atoms with Crippen LogP contribution in [0.25, 0.3) is 0 Å². The Bertz CT molecular complexity index is 894. The first-order valence-electron chi connectivity index (χ1n) is 9.59. The van der Waals surface area contributed by atoms with Gasteiger partial charge in [-0.15, -0.1) is 0 Å². The first-order valence-corrected chi connectivity index (χ1v) is 9.59. The Kier molecular flexibility index (Phi) is 6.21. The number of nitrogens with one attached hydrogen (secondary N) is 1. The van der Waals surface area contributed by atoms with Crippen molar-refractivity contribution in [3.8, 4) is 5.75 Å². The number of anilines is 1. The predicted octanol–water partition coefficient (Wildman–Crippen LogP) is 3.50. The number of aryl methyl sites for hydroxylation is 1. The number of nitro groups is 1. The quantitative estimate of drug-likeness (QED) is 0.615. The van der Waals surface area contributed by atoms with Crippen molar-refractivity contribution in [1.82, 2.24) is 10.2 Å². The molecule has 0 saturated carbocycles.